The van der Waals surface area contributed by atoms with Crippen molar-refractivity contribution in [1.29, 1.82) is 0 Å². The van der Waals surface area contributed by atoms with Crippen LogP contribution in [-0.2, 0) is 4.79 Å². The molecule has 1 aliphatic rings. The molecule has 2 aromatic carbocycles. The van der Waals surface area contributed by atoms with Crippen LogP contribution in [0.3, 0.4) is 0 Å². The van der Waals surface area contributed by atoms with E-state index in [0.717, 1.165) is 29.9 Å². The van der Waals surface area contributed by atoms with Gasteiger partial charge >= 0.3 is 5.63 Å². The Kier molecular flexibility index (Phi) is 5.37. The molecule has 0 spiro atoms. The van der Waals surface area contributed by atoms with Gasteiger partial charge in [0.1, 0.15) is 17.1 Å². The van der Waals surface area contributed by atoms with Gasteiger partial charge < -0.3 is 23.7 Å². The number of amides is 1. The summed E-state index contributed by atoms with van der Waals surface area (Å²) in [4.78, 5) is 27.9. The van der Waals surface area contributed by atoms with Crippen molar-refractivity contribution in [2.45, 2.75) is 0 Å². The summed E-state index contributed by atoms with van der Waals surface area (Å²) in [7, 11) is 1.66. The lowest BCUT2D eigenvalue weighted by Crippen LogP contribution is -2.50. The first kappa shape index (κ1) is 18.9. The second-order valence-electron chi connectivity index (χ2n) is 6.78. The number of fused-ring (bicyclic) bond motifs is 1. The summed E-state index contributed by atoms with van der Waals surface area (Å²) in [6, 6.07) is 16.1. The highest BCUT2D eigenvalue weighted by Crippen LogP contribution is 2.28. The number of rotatable bonds is 5. The van der Waals surface area contributed by atoms with Gasteiger partial charge in [-0.15, -0.1) is 0 Å². The summed E-state index contributed by atoms with van der Waals surface area (Å²) >= 11 is 0. The first-order valence-electron chi connectivity index (χ1n) is 9.46. The highest BCUT2D eigenvalue weighted by molar-refractivity contribution is 5.79. The zero-order valence-corrected chi connectivity index (χ0v) is 16.2. The van der Waals surface area contributed by atoms with Gasteiger partial charge in [-0.1, -0.05) is 12.1 Å². The molecular formula is C22H22N2O5. The maximum atomic E-state index is 12.5. The van der Waals surface area contributed by atoms with Gasteiger partial charge in [-0.2, -0.15) is 0 Å². The molecule has 150 valence electrons. The van der Waals surface area contributed by atoms with Crippen molar-refractivity contribution in [3.8, 4) is 11.5 Å². The largest absolute Gasteiger partial charge is 0.495 e. The number of piperazine rings is 1. The fourth-order valence-electron chi connectivity index (χ4n) is 3.45. The molecule has 1 aliphatic heterocycles. The van der Waals surface area contributed by atoms with E-state index < -0.39 is 5.63 Å². The molecule has 1 aromatic heterocycles. The number of carbonyl (C=O) groups is 1. The summed E-state index contributed by atoms with van der Waals surface area (Å²) in [5.41, 5.74) is 1.06. The van der Waals surface area contributed by atoms with Gasteiger partial charge in [0.05, 0.1) is 12.8 Å². The average Bonchev–Trinajstić information content (AvgIpc) is 2.77. The van der Waals surface area contributed by atoms with Crippen LogP contribution in [0.2, 0.25) is 0 Å². The third-order valence-corrected chi connectivity index (χ3v) is 5.02. The minimum atomic E-state index is -0.418. The van der Waals surface area contributed by atoms with E-state index in [4.69, 9.17) is 13.9 Å². The van der Waals surface area contributed by atoms with Crippen LogP contribution in [-0.4, -0.2) is 50.7 Å². The molecule has 29 heavy (non-hydrogen) atoms. The van der Waals surface area contributed by atoms with Gasteiger partial charge in [0.25, 0.3) is 5.91 Å². The van der Waals surface area contributed by atoms with Crippen molar-refractivity contribution in [3.63, 3.8) is 0 Å². The van der Waals surface area contributed by atoms with E-state index in [1.165, 1.54) is 6.07 Å². The van der Waals surface area contributed by atoms with Crippen molar-refractivity contribution < 1.29 is 18.7 Å². The van der Waals surface area contributed by atoms with Crippen molar-refractivity contribution in [3.05, 3.63) is 65.0 Å². The number of hydrogen-bond acceptors (Lipinski definition) is 6. The molecule has 2 heterocycles. The lowest BCUT2D eigenvalue weighted by atomic mass is 10.2. The summed E-state index contributed by atoms with van der Waals surface area (Å²) in [6.07, 6.45) is 0. The fraction of sp³-hybridized carbons (Fsp3) is 0.273. The Labute approximate surface area is 168 Å². The molecule has 0 aliphatic carbocycles. The summed E-state index contributed by atoms with van der Waals surface area (Å²) < 4.78 is 16.2. The molecule has 0 saturated carbocycles. The van der Waals surface area contributed by atoms with Crippen molar-refractivity contribution in [2.24, 2.45) is 0 Å². The molecule has 0 radical (unpaired) electrons. The van der Waals surface area contributed by atoms with Gasteiger partial charge in [-0.05, 0) is 30.3 Å². The Balaban J connectivity index is 1.34. The predicted molar refractivity (Wildman–Crippen MR) is 110 cm³/mol. The number of ether oxygens (including phenoxy) is 2. The first-order chi connectivity index (χ1) is 14.1. The fourth-order valence-corrected chi connectivity index (χ4v) is 3.45. The minimum absolute atomic E-state index is 0.0583. The van der Waals surface area contributed by atoms with Crippen LogP contribution in [0.5, 0.6) is 11.5 Å². The molecule has 0 N–H and O–H groups in total. The Bertz CT molecular complexity index is 1070. The van der Waals surface area contributed by atoms with Gasteiger partial charge in [0, 0.05) is 43.7 Å². The molecule has 1 amide bonds. The predicted octanol–water partition coefficient (Wildman–Crippen LogP) is 2.53. The Morgan fingerprint density at radius 3 is 2.59 bits per heavy atom. The van der Waals surface area contributed by atoms with E-state index in [1.807, 2.05) is 24.3 Å². The van der Waals surface area contributed by atoms with Crippen molar-refractivity contribution in [1.82, 2.24) is 4.90 Å². The van der Waals surface area contributed by atoms with E-state index in [-0.39, 0.29) is 12.5 Å². The van der Waals surface area contributed by atoms with Crippen LogP contribution >= 0.6 is 0 Å². The number of para-hydroxylation sites is 2. The first-order valence-corrected chi connectivity index (χ1v) is 9.46. The quantitative estimate of drug-likeness (QED) is 0.620. The normalized spacial score (nSPS) is 14.1. The second kappa shape index (κ2) is 8.26. The molecule has 1 saturated heterocycles. The van der Waals surface area contributed by atoms with Crippen molar-refractivity contribution >= 4 is 22.6 Å². The number of benzene rings is 2. The highest BCUT2D eigenvalue weighted by atomic mass is 16.5. The van der Waals surface area contributed by atoms with E-state index >= 15 is 0 Å². The van der Waals surface area contributed by atoms with Gasteiger partial charge in [0.2, 0.25) is 0 Å². The molecule has 0 unspecified atom stereocenters. The average molecular weight is 394 g/mol. The summed E-state index contributed by atoms with van der Waals surface area (Å²) in [6.45, 7) is 2.64. The van der Waals surface area contributed by atoms with Crippen molar-refractivity contribution in [2.75, 3.05) is 44.8 Å². The summed E-state index contributed by atoms with van der Waals surface area (Å²) in [5.74, 6) is 1.26. The van der Waals surface area contributed by atoms with E-state index in [9.17, 15) is 9.59 Å². The van der Waals surface area contributed by atoms with E-state index in [2.05, 4.69) is 4.90 Å². The van der Waals surface area contributed by atoms with Crippen LogP contribution in [0.1, 0.15) is 0 Å². The van der Waals surface area contributed by atoms with Gasteiger partial charge in [-0.25, -0.2) is 4.79 Å². The van der Waals surface area contributed by atoms with Crippen LogP contribution in [0.25, 0.3) is 11.0 Å². The number of nitrogens with zero attached hydrogens (tertiary/aromatic N) is 2. The zero-order valence-electron chi connectivity index (χ0n) is 16.2. The minimum Gasteiger partial charge on any atom is -0.495 e. The number of hydrogen-bond donors (Lipinski definition) is 0. The Morgan fingerprint density at radius 2 is 1.79 bits per heavy atom. The number of methoxy groups -OCH3 is 1. The van der Waals surface area contributed by atoms with Crippen LogP contribution in [0, 0.1) is 0 Å². The second-order valence-corrected chi connectivity index (χ2v) is 6.78. The lowest BCUT2D eigenvalue weighted by molar-refractivity contribution is -0.133. The molecule has 3 aromatic rings. The third kappa shape index (κ3) is 4.18. The van der Waals surface area contributed by atoms with Crippen LogP contribution in [0.15, 0.2) is 63.8 Å². The lowest BCUT2D eigenvalue weighted by Gasteiger charge is -2.36. The number of carbonyl (C=O) groups excluding carboxylic acids is 1. The van der Waals surface area contributed by atoms with Crippen LogP contribution in [0.4, 0.5) is 5.69 Å². The Morgan fingerprint density at radius 1 is 1.03 bits per heavy atom. The summed E-state index contributed by atoms with van der Waals surface area (Å²) in [5, 5.41) is 0.802. The smallest absolute Gasteiger partial charge is 0.336 e. The highest BCUT2D eigenvalue weighted by Gasteiger charge is 2.23. The maximum absolute atomic E-state index is 12.5. The monoisotopic (exact) mass is 394 g/mol. The molecule has 7 nitrogen and oxygen atoms in total. The zero-order chi connectivity index (χ0) is 20.2. The van der Waals surface area contributed by atoms with E-state index in [0.29, 0.717) is 24.4 Å². The third-order valence-electron chi connectivity index (χ3n) is 5.02. The standard InChI is InChI=1S/C22H22N2O5/c1-27-19-5-3-2-4-18(19)23-10-12-24(13-11-23)21(25)15-28-17-8-6-16-7-9-22(26)29-20(16)14-17/h2-9,14H,10-13,15H2,1H3. The topological polar surface area (TPSA) is 72.2 Å². The molecule has 7 heteroatoms. The number of anilines is 1. The van der Waals surface area contributed by atoms with E-state index in [1.54, 1.807) is 36.3 Å². The Hall–Kier alpha value is -3.48. The van der Waals surface area contributed by atoms with Gasteiger partial charge in [-0.3, -0.25) is 4.79 Å². The maximum Gasteiger partial charge on any atom is 0.336 e. The van der Waals surface area contributed by atoms with Crippen LogP contribution < -0.4 is 20.0 Å². The molecule has 1 fully saturated rings. The molecule has 4 rings (SSSR count). The molecule has 0 bridgehead atoms. The SMILES string of the molecule is COc1ccccc1N1CCN(C(=O)COc2ccc3ccc(=O)oc3c2)CC1. The molecule has 0 atom stereocenters. The molecular weight excluding hydrogens is 372 g/mol. The van der Waals surface area contributed by atoms with Gasteiger partial charge in [0.15, 0.2) is 6.61 Å².